The number of ether oxygens (including phenoxy) is 6. The summed E-state index contributed by atoms with van der Waals surface area (Å²) < 4.78 is 30.4. The summed E-state index contributed by atoms with van der Waals surface area (Å²) in [6.07, 6.45) is 3.16. The van der Waals surface area contributed by atoms with Gasteiger partial charge in [-0.25, -0.2) is 14.4 Å². The molecule has 0 spiro atoms. The van der Waals surface area contributed by atoms with E-state index in [0.29, 0.717) is 16.8 Å². The molecule has 0 saturated carbocycles. The van der Waals surface area contributed by atoms with Crippen LogP contribution in [0.3, 0.4) is 0 Å². The van der Waals surface area contributed by atoms with Gasteiger partial charge in [-0.05, 0) is 24.1 Å². The molecule has 3 aliphatic rings. The number of rotatable bonds is 6. The predicted molar refractivity (Wildman–Crippen MR) is 142 cm³/mol. The largest absolute Gasteiger partial charge is 0.469 e. The van der Waals surface area contributed by atoms with Crippen LogP contribution in [0.15, 0.2) is 46.7 Å². The average molecular weight is 584 g/mol. The van der Waals surface area contributed by atoms with Gasteiger partial charge in [0.25, 0.3) is 0 Å². The third-order valence-electron chi connectivity index (χ3n) is 7.86. The Hall–Kier alpha value is -4.94. The van der Waals surface area contributed by atoms with Crippen molar-refractivity contribution < 1.29 is 57.2 Å². The van der Waals surface area contributed by atoms with Gasteiger partial charge in [-0.2, -0.15) is 0 Å². The molecule has 222 valence electrons. The van der Waals surface area contributed by atoms with Crippen molar-refractivity contribution in [3.63, 3.8) is 0 Å². The first-order chi connectivity index (χ1) is 20.0. The van der Waals surface area contributed by atoms with Crippen molar-refractivity contribution in [3.05, 3.63) is 57.8 Å². The van der Waals surface area contributed by atoms with E-state index in [1.54, 1.807) is 31.2 Å². The quantitative estimate of drug-likeness (QED) is 0.345. The van der Waals surface area contributed by atoms with E-state index in [2.05, 4.69) is 0 Å². The number of esters is 6. The zero-order valence-corrected chi connectivity index (χ0v) is 24.0. The van der Waals surface area contributed by atoms with Crippen LogP contribution in [-0.2, 0) is 57.2 Å². The lowest BCUT2D eigenvalue weighted by molar-refractivity contribution is -0.176. The van der Waals surface area contributed by atoms with Crippen LogP contribution in [0.25, 0.3) is 6.08 Å². The highest BCUT2D eigenvalue weighted by Crippen LogP contribution is 2.63. The minimum absolute atomic E-state index is 0.0333. The molecule has 0 fully saturated rings. The molecule has 0 amide bonds. The topological polar surface area (TPSA) is 161 Å². The number of allylic oxidation sites excluding steroid dienone is 1. The maximum atomic E-state index is 14.2. The first kappa shape index (κ1) is 30.0. The van der Waals surface area contributed by atoms with E-state index in [-0.39, 0.29) is 11.3 Å². The number of aryl methyl sites for hydroxylation is 1. The average Bonchev–Trinajstić information content (AvgIpc) is 3.34. The van der Waals surface area contributed by atoms with Crippen LogP contribution in [0.4, 0.5) is 5.69 Å². The van der Waals surface area contributed by atoms with Crippen molar-refractivity contribution in [2.75, 3.05) is 47.6 Å². The fourth-order valence-electron chi connectivity index (χ4n) is 6.32. The Kier molecular flexibility index (Phi) is 7.97. The van der Waals surface area contributed by atoms with Crippen LogP contribution >= 0.6 is 0 Å². The highest BCUT2D eigenvalue weighted by Gasteiger charge is 2.74. The van der Waals surface area contributed by atoms with Gasteiger partial charge >= 0.3 is 35.8 Å². The van der Waals surface area contributed by atoms with E-state index in [1.165, 1.54) is 11.0 Å². The number of carbonyl (C=O) groups excluding carboxylic acids is 6. The van der Waals surface area contributed by atoms with Gasteiger partial charge in [-0.1, -0.05) is 24.3 Å². The molecule has 13 nitrogen and oxygen atoms in total. The Balaban J connectivity index is 2.37. The van der Waals surface area contributed by atoms with E-state index in [4.69, 9.17) is 28.4 Å². The number of hydrogen-bond acceptors (Lipinski definition) is 13. The Morgan fingerprint density at radius 1 is 0.738 bits per heavy atom. The molecule has 1 aromatic carbocycles. The van der Waals surface area contributed by atoms with Crippen LogP contribution in [0.2, 0.25) is 0 Å². The summed E-state index contributed by atoms with van der Waals surface area (Å²) >= 11 is 0. The lowest BCUT2D eigenvalue weighted by atomic mass is 9.58. The number of hydrogen-bond donors (Lipinski definition) is 0. The van der Waals surface area contributed by atoms with Gasteiger partial charge < -0.3 is 33.3 Å². The lowest BCUT2D eigenvalue weighted by Crippen LogP contribution is -2.65. The van der Waals surface area contributed by atoms with Crippen molar-refractivity contribution in [1.29, 1.82) is 0 Å². The van der Waals surface area contributed by atoms with E-state index >= 15 is 0 Å². The third-order valence-corrected chi connectivity index (χ3v) is 7.86. The van der Waals surface area contributed by atoms with E-state index in [1.807, 2.05) is 0 Å². The fourth-order valence-corrected chi connectivity index (χ4v) is 6.32. The Bertz CT molecular complexity index is 1500. The summed E-state index contributed by atoms with van der Waals surface area (Å²) in [5, 5.41) is 0. The standard InChI is InChI=1S/C29H29NO12/c1-13-9-8-10-14-11-12-15-18-16(23(31)37-2)17(24(32)38-3)19(25(33)39-4)29(18,28(36)42-7)20(26(34)40-5)22(27(35)41-6)30(15)21(13)14/h8-12,19-20,22H,1-7H3. The van der Waals surface area contributed by atoms with Crippen LogP contribution in [0, 0.1) is 24.2 Å². The molecule has 1 aromatic rings. The molecule has 0 saturated heterocycles. The van der Waals surface area contributed by atoms with Gasteiger partial charge in [0.15, 0.2) is 0 Å². The second kappa shape index (κ2) is 11.1. The number of nitrogens with zero attached hydrogens (tertiary/aromatic N) is 1. The third kappa shape index (κ3) is 3.90. The summed E-state index contributed by atoms with van der Waals surface area (Å²) in [6, 6.07) is 3.63. The van der Waals surface area contributed by atoms with Gasteiger partial charge in [0, 0.05) is 11.3 Å². The molecule has 2 heterocycles. The summed E-state index contributed by atoms with van der Waals surface area (Å²) in [5.74, 6) is -10.8. The first-order valence-electron chi connectivity index (χ1n) is 12.6. The van der Waals surface area contributed by atoms with Crippen molar-refractivity contribution in [3.8, 4) is 0 Å². The summed E-state index contributed by atoms with van der Waals surface area (Å²) in [7, 11) is 6.13. The molecular formula is C29H29NO12. The molecule has 0 radical (unpaired) electrons. The second-order valence-corrected chi connectivity index (χ2v) is 9.53. The van der Waals surface area contributed by atoms with Gasteiger partial charge in [0.2, 0.25) is 0 Å². The van der Waals surface area contributed by atoms with Crippen molar-refractivity contribution in [1.82, 2.24) is 0 Å². The molecule has 0 N–H and O–H groups in total. The van der Waals surface area contributed by atoms with Crippen molar-refractivity contribution in [2.24, 2.45) is 17.3 Å². The fraction of sp³-hybridized carbons (Fsp3) is 0.379. The molecule has 0 bridgehead atoms. The normalized spacial score (nSPS) is 23.7. The second-order valence-electron chi connectivity index (χ2n) is 9.53. The van der Waals surface area contributed by atoms with Crippen LogP contribution in [0.5, 0.6) is 0 Å². The molecule has 2 aliphatic heterocycles. The van der Waals surface area contributed by atoms with E-state index < -0.39 is 70.3 Å². The Morgan fingerprint density at radius 3 is 1.90 bits per heavy atom. The Morgan fingerprint density at radius 2 is 1.36 bits per heavy atom. The molecule has 0 aromatic heterocycles. The summed E-state index contributed by atoms with van der Waals surface area (Å²) in [4.78, 5) is 83.8. The maximum Gasteiger partial charge on any atom is 0.338 e. The Labute approximate surface area is 240 Å². The zero-order chi connectivity index (χ0) is 31.1. The SMILES string of the molecule is COC(=O)C1=C(C(=O)OC)C(C(=O)OC)C2(C(=O)OC)C1=C1C=Cc3cccc(C)c3N1C(C(=O)OC)C2C(=O)OC. The zero-order valence-electron chi connectivity index (χ0n) is 24.0. The number of fused-ring (bicyclic) bond motifs is 4. The molecule has 4 atom stereocenters. The van der Waals surface area contributed by atoms with Crippen molar-refractivity contribution in [2.45, 2.75) is 13.0 Å². The monoisotopic (exact) mass is 583 g/mol. The molecule has 42 heavy (non-hydrogen) atoms. The first-order valence-corrected chi connectivity index (χ1v) is 12.6. The highest BCUT2D eigenvalue weighted by atomic mass is 16.6. The highest BCUT2D eigenvalue weighted by molar-refractivity contribution is 6.16. The molecular weight excluding hydrogens is 554 g/mol. The van der Waals surface area contributed by atoms with Crippen molar-refractivity contribution >= 4 is 47.6 Å². The van der Waals surface area contributed by atoms with Crippen LogP contribution < -0.4 is 4.90 Å². The maximum absolute atomic E-state index is 14.2. The van der Waals surface area contributed by atoms with Crippen LogP contribution in [0.1, 0.15) is 11.1 Å². The smallest absolute Gasteiger partial charge is 0.338 e. The summed E-state index contributed by atoms with van der Waals surface area (Å²) in [5.41, 5.74) is -2.23. The summed E-state index contributed by atoms with van der Waals surface area (Å²) in [6.45, 7) is 1.76. The molecule has 1 aliphatic carbocycles. The minimum atomic E-state index is -2.56. The van der Waals surface area contributed by atoms with Gasteiger partial charge in [-0.15, -0.1) is 0 Å². The van der Waals surface area contributed by atoms with Crippen LogP contribution in [-0.4, -0.2) is 84.5 Å². The number of carbonyl (C=O) groups is 6. The lowest BCUT2D eigenvalue weighted by Gasteiger charge is -2.51. The van der Waals surface area contributed by atoms with Gasteiger partial charge in [0.05, 0.1) is 59.5 Å². The number of para-hydroxylation sites is 1. The predicted octanol–water partition coefficient (Wildman–Crippen LogP) is 1.03. The van der Waals surface area contributed by atoms with E-state index in [9.17, 15) is 28.8 Å². The molecule has 13 heteroatoms. The number of anilines is 1. The van der Waals surface area contributed by atoms with E-state index in [0.717, 1.165) is 42.7 Å². The number of benzene rings is 1. The van der Waals surface area contributed by atoms with Gasteiger partial charge in [-0.3, -0.25) is 14.4 Å². The minimum Gasteiger partial charge on any atom is -0.469 e. The molecule has 4 unspecified atom stereocenters. The molecule has 4 rings (SSSR count). The van der Waals surface area contributed by atoms with Gasteiger partial charge in [0.1, 0.15) is 23.3 Å². The number of methoxy groups -OCH3 is 6.